The Kier molecular flexibility index (Phi) is 6.84. The molecular formula is C32H23BrCl2N2O4S2. The van der Waals surface area contributed by atoms with Crippen molar-refractivity contribution in [1.29, 1.82) is 0 Å². The fraction of sp³-hybridized carbons (Fsp3) is 0.281. The molecule has 4 aliphatic rings. The molecule has 3 aromatic carbocycles. The molecule has 2 amide bonds. The van der Waals surface area contributed by atoms with Gasteiger partial charge in [0.15, 0.2) is 0 Å². The molecule has 218 valence electrons. The molecule has 43 heavy (non-hydrogen) atoms. The van der Waals surface area contributed by atoms with E-state index >= 15 is 0 Å². The van der Waals surface area contributed by atoms with E-state index in [0.717, 1.165) is 31.9 Å². The molecule has 7 atom stereocenters. The molecule has 3 heterocycles. The van der Waals surface area contributed by atoms with Crippen molar-refractivity contribution in [1.82, 2.24) is 4.98 Å². The number of ether oxygens (including phenoxy) is 1. The van der Waals surface area contributed by atoms with Gasteiger partial charge in [-0.25, -0.2) is 0 Å². The molecule has 2 aliphatic heterocycles. The number of anilines is 1. The Balaban J connectivity index is 1.20. The van der Waals surface area contributed by atoms with E-state index in [2.05, 4.69) is 20.9 Å². The van der Waals surface area contributed by atoms with Gasteiger partial charge in [0.25, 0.3) is 0 Å². The number of carbonyl (C=O) groups is 2. The second kappa shape index (κ2) is 10.5. The summed E-state index contributed by atoms with van der Waals surface area (Å²) in [5.41, 5.74) is 2.48. The number of carbonyl (C=O) groups excluding carboxylic acids is 2. The van der Waals surface area contributed by atoms with Gasteiger partial charge in [-0.3, -0.25) is 19.3 Å². The number of amides is 2. The summed E-state index contributed by atoms with van der Waals surface area (Å²) in [5, 5.41) is 2.14. The van der Waals surface area contributed by atoms with Crippen LogP contribution < -0.4 is 14.5 Å². The third kappa shape index (κ3) is 4.45. The van der Waals surface area contributed by atoms with E-state index in [0.29, 0.717) is 28.1 Å². The molecule has 8 rings (SSSR count). The molecule has 2 saturated carbocycles. The lowest BCUT2D eigenvalue weighted by molar-refractivity contribution is -0.123. The van der Waals surface area contributed by atoms with Crippen LogP contribution in [0.5, 0.6) is 5.75 Å². The van der Waals surface area contributed by atoms with Crippen molar-refractivity contribution in [3.8, 4) is 5.75 Å². The average molecular weight is 714 g/mol. The molecule has 11 heteroatoms. The fourth-order valence-corrected chi connectivity index (χ4v) is 11.3. The van der Waals surface area contributed by atoms with Crippen molar-refractivity contribution >= 4 is 79.7 Å². The average Bonchev–Trinajstić information content (AvgIpc) is 3.73. The molecule has 2 aliphatic carbocycles. The van der Waals surface area contributed by atoms with E-state index in [4.69, 9.17) is 27.9 Å². The summed E-state index contributed by atoms with van der Waals surface area (Å²) in [6.07, 6.45) is 0.806. The molecule has 0 spiro atoms. The molecule has 3 fully saturated rings. The van der Waals surface area contributed by atoms with Gasteiger partial charge in [-0.2, -0.15) is 0 Å². The minimum absolute atomic E-state index is 0.0113. The van der Waals surface area contributed by atoms with Gasteiger partial charge in [0.1, 0.15) is 12.4 Å². The van der Waals surface area contributed by atoms with Gasteiger partial charge < -0.3 is 9.72 Å². The quantitative estimate of drug-likeness (QED) is 0.214. The van der Waals surface area contributed by atoms with Crippen LogP contribution in [0.4, 0.5) is 5.69 Å². The molecule has 6 nitrogen and oxygen atoms in total. The van der Waals surface area contributed by atoms with Crippen LogP contribution in [0.2, 0.25) is 10.0 Å². The number of rotatable bonds is 5. The van der Waals surface area contributed by atoms with Crippen LogP contribution in [0.1, 0.15) is 28.3 Å². The summed E-state index contributed by atoms with van der Waals surface area (Å²) in [7, 11) is 0. The van der Waals surface area contributed by atoms with E-state index in [9.17, 15) is 14.4 Å². The zero-order chi connectivity index (χ0) is 29.6. The van der Waals surface area contributed by atoms with Gasteiger partial charge in [-0.05, 0) is 84.3 Å². The van der Waals surface area contributed by atoms with Crippen molar-refractivity contribution in [3.63, 3.8) is 0 Å². The van der Waals surface area contributed by atoms with Crippen molar-refractivity contribution in [2.75, 3.05) is 4.90 Å². The highest BCUT2D eigenvalue weighted by Crippen LogP contribution is 2.69. The smallest absolute Gasteiger partial charge is 0.305 e. The molecule has 1 saturated heterocycles. The van der Waals surface area contributed by atoms with Gasteiger partial charge in [-0.15, -0.1) is 11.8 Å². The number of nitrogens with zero attached hydrogens (tertiary/aromatic N) is 1. The lowest BCUT2D eigenvalue weighted by Gasteiger charge is -2.43. The van der Waals surface area contributed by atoms with Crippen molar-refractivity contribution in [2.24, 2.45) is 29.6 Å². The molecule has 1 aromatic heterocycles. The van der Waals surface area contributed by atoms with E-state index in [1.165, 1.54) is 16.2 Å². The number of thioether (sulfide) groups is 1. The standard InChI is InChI=1S/C32H23BrCl2N2O4S2/c33-15-3-8-18(9-4-15)37-30(38)25-20-12-21(26(25)31(37)39)27-24(20)23(28-29(42-27)36-32(40)43-28)19-11-17(35)7-10-22(19)41-13-14-1-5-16(34)6-2-14/h1-11,20-21,23-27H,12-13H2,(H,36,40)/t20?,21?,23-,24?,25?,26?,27?/m1/s1. The normalized spacial score (nSPS) is 28.6. The second-order valence-corrected chi connectivity index (χ2v) is 15.5. The molecule has 4 aromatic rings. The third-order valence-corrected chi connectivity index (χ3v) is 13.0. The van der Waals surface area contributed by atoms with Gasteiger partial charge in [-0.1, -0.05) is 62.6 Å². The molecule has 0 radical (unpaired) electrons. The van der Waals surface area contributed by atoms with Crippen LogP contribution in [0, 0.1) is 29.6 Å². The highest BCUT2D eigenvalue weighted by atomic mass is 79.9. The Hall–Kier alpha value is -2.56. The topological polar surface area (TPSA) is 79.5 Å². The Morgan fingerprint density at radius 3 is 2.35 bits per heavy atom. The third-order valence-electron chi connectivity index (χ3n) is 9.42. The number of H-pyrrole nitrogens is 1. The predicted molar refractivity (Wildman–Crippen MR) is 172 cm³/mol. The van der Waals surface area contributed by atoms with Crippen LogP contribution >= 0.6 is 62.2 Å². The summed E-state index contributed by atoms with van der Waals surface area (Å²) in [6.45, 7) is 0.337. The fourth-order valence-electron chi connectivity index (χ4n) is 7.85. The zero-order valence-electron chi connectivity index (χ0n) is 22.3. The zero-order valence-corrected chi connectivity index (χ0v) is 27.1. The highest BCUT2D eigenvalue weighted by molar-refractivity contribution is 9.10. The highest BCUT2D eigenvalue weighted by Gasteiger charge is 2.69. The number of nitrogens with one attached hydrogen (secondary N) is 1. The van der Waals surface area contributed by atoms with Crippen molar-refractivity contribution in [2.45, 2.75) is 29.2 Å². The lowest BCUT2D eigenvalue weighted by atomic mass is 9.68. The first-order valence-electron chi connectivity index (χ1n) is 14.0. The molecule has 2 bridgehead atoms. The largest absolute Gasteiger partial charge is 0.489 e. The first-order chi connectivity index (χ1) is 20.8. The minimum Gasteiger partial charge on any atom is -0.489 e. The van der Waals surface area contributed by atoms with E-state index in [1.54, 1.807) is 11.8 Å². The molecule has 6 unspecified atom stereocenters. The summed E-state index contributed by atoms with van der Waals surface area (Å²) < 4.78 is 7.29. The first kappa shape index (κ1) is 28.0. The number of benzene rings is 3. The SMILES string of the molecule is O=C1C2C3CC(C2C(=O)N1c1ccc(Br)cc1)C1C3Sc2[nH]c(=O)sc2[C@@H]1c1cc(Cl)ccc1OCc1ccc(Cl)cc1. The van der Waals surface area contributed by atoms with Crippen molar-refractivity contribution < 1.29 is 14.3 Å². The second-order valence-electron chi connectivity index (χ2n) is 11.5. The van der Waals surface area contributed by atoms with Crippen LogP contribution in [0.25, 0.3) is 0 Å². The van der Waals surface area contributed by atoms with Gasteiger partial charge in [0.2, 0.25) is 11.8 Å². The van der Waals surface area contributed by atoms with Crippen LogP contribution in [-0.2, 0) is 16.2 Å². The van der Waals surface area contributed by atoms with Gasteiger partial charge in [0.05, 0.1) is 22.5 Å². The Bertz CT molecular complexity index is 1840. The van der Waals surface area contributed by atoms with E-state index in [-0.39, 0.29) is 57.4 Å². The Morgan fingerprint density at radius 1 is 0.907 bits per heavy atom. The minimum atomic E-state index is -0.389. The van der Waals surface area contributed by atoms with Gasteiger partial charge in [0, 0.05) is 36.1 Å². The number of fused-ring (bicyclic) bond motifs is 9. The number of aromatic nitrogens is 1. The number of hydrogen-bond acceptors (Lipinski definition) is 6. The summed E-state index contributed by atoms with van der Waals surface area (Å²) in [4.78, 5) is 45.9. The van der Waals surface area contributed by atoms with E-state index in [1.807, 2.05) is 66.7 Å². The molecule has 1 N–H and O–H groups in total. The van der Waals surface area contributed by atoms with Crippen LogP contribution in [0.3, 0.4) is 0 Å². The number of imide groups is 1. The summed E-state index contributed by atoms with van der Waals surface area (Å²) in [6, 6.07) is 20.5. The van der Waals surface area contributed by atoms with Gasteiger partial charge >= 0.3 is 4.87 Å². The monoisotopic (exact) mass is 712 g/mol. The van der Waals surface area contributed by atoms with Crippen LogP contribution in [-0.4, -0.2) is 22.0 Å². The maximum absolute atomic E-state index is 14.0. The molecular weight excluding hydrogens is 691 g/mol. The number of aromatic amines is 1. The maximum atomic E-state index is 14.0. The number of hydrogen-bond donors (Lipinski definition) is 1. The maximum Gasteiger partial charge on any atom is 0.305 e. The van der Waals surface area contributed by atoms with E-state index < -0.39 is 0 Å². The number of thiazole rings is 1. The Labute approximate surface area is 273 Å². The van der Waals surface area contributed by atoms with Crippen LogP contribution in [0.15, 0.2) is 81.0 Å². The number of halogens is 3. The first-order valence-corrected chi connectivity index (χ1v) is 17.2. The summed E-state index contributed by atoms with van der Waals surface area (Å²) in [5.74, 6) is -0.446. The predicted octanol–water partition coefficient (Wildman–Crippen LogP) is 7.76. The Morgan fingerprint density at radius 2 is 1.60 bits per heavy atom. The summed E-state index contributed by atoms with van der Waals surface area (Å²) >= 11 is 19.0. The lowest BCUT2D eigenvalue weighted by Crippen LogP contribution is -2.42. The van der Waals surface area contributed by atoms with Crippen molar-refractivity contribution in [3.05, 3.63) is 107 Å².